The second kappa shape index (κ2) is 5.36. The van der Waals surface area contributed by atoms with Gasteiger partial charge in [-0.3, -0.25) is 4.79 Å². The van der Waals surface area contributed by atoms with E-state index in [4.69, 9.17) is 9.39 Å². The summed E-state index contributed by atoms with van der Waals surface area (Å²) in [5.41, 5.74) is 0.146. The smallest absolute Gasteiger partial charge is 0.326 e. The highest BCUT2D eigenvalue weighted by Crippen LogP contribution is 2.29. The monoisotopic (exact) mass is 237 g/mol. The van der Waals surface area contributed by atoms with Crippen molar-refractivity contribution in [2.24, 2.45) is 0 Å². The highest BCUT2D eigenvalue weighted by Gasteiger charge is 2.38. The molecule has 0 heterocycles. The molecule has 0 aliphatic heterocycles. The van der Waals surface area contributed by atoms with Crippen molar-refractivity contribution in [3.63, 3.8) is 0 Å². The predicted molar refractivity (Wildman–Crippen MR) is 68.9 cm³/mol. The van der Waals surface area contributed by atoms with Crippen molar-refractivity contribution in [2.75, 3.05) is 7.11 Å². The fourth-order valence-electron chi connectivity index (χ4n) is 1.52. The normalized spacial score (nSPS) is 17.9. The van der Waals surface area contributed by atoms with Crippen LogP contribution in [0.5, 0.6) is 0 Å². The summed E-state index contributed by atoms with van der Waals surface area (Å²) in [7, 11) is 3.38. The van der Waals surface area contributed by atoms with Crippen LogP contribution in [0.3, 0.4) is 0 Å². The van der Waals surface area contributed by atoms with Crippen LogP contribution in [0.1, 0.15) is 47.0 Å². The molecule has 0 saturated heterocycles. The number of hydrogen-bond acceptors (Lipinski definition) is 3. The number of ketones is 1. The largest absolute Gasteiger partial charge is 0.427 e. The van der Waals surface area contributed by atoms with E-state index in [0.717, 1.165) is 18.3 Å². The molecule has 0 aromatic heterocycles. The summed E-state index contributed by atoms with van der Waals surface area (Å²) in [4.78, 5) is 11.3. The molecule has 0 N–H and O–H groups in total. The zero-order chi connectivity index (χ0) is 13.1. The second-order valence-electron chi connectivity index (χ2n) is 5.50. The fraction of sp³-hybridized carbons (Fsp3) is 0.769. The standard InChI is InChI=1S/C13H22BO3/c1-12(2,16-5)13(3,4)17-14-10-7-6-8-11(15)9-10/h9H,6-8H2,1-5H3. The van der Waals surface area contributed by atoms with Gasteiger partial charge in [0.15, 0.2) is 5.78 Å². The Morgan fingerprint density at radius 3 is 2.35 bits per heavy atom. The Bertz CT molecular complexity index is 319. The minimum Gasteiger partial charge on any atom is -0.427 e. The van der Waals surface area contributed by atoms with Crippen LogP contribution in [0.2, 0.25) is 0 Å². The SMILES string of the molecule is COC(C)(C)C(C)(C)O[B]C1=CC(=O)CCC1. The molecule has 0 atom stereocenters. The third kappa shape index (κ3) is 3.68. The van der Waals surface area contributed by atoms with E-state index < -0.39 is 5.60 Å². The van der Waals surface area contributed by atoms with E-state index in [1.165, 1.54) is 0 Å². The van der Waals surface area contributed by atoms with Crippen LogP contribution in [0, 0.1) is 0 Å². The molecule has 1 aliphatic rings. The summed E-state index contributed by atoms with van der Waals surface area (Å²) >= 11 is 0. The van der Waals surface area contributed by atoms with Crippen molar-refractivity contribution in [2.45, 2.75) is 58.2 Å². The Hall–Kier alpha value is -0.605. The quantitative estimate of drug-likeness (QED) is 0.689. The summed E-state index contributed by atoms with van der Waals surface area (Å²) in [5, 5.41) is 0. The lowest BCUT2D eigenvalue weighted by atomic mass is 9.77. The van der Waals surface area contributed by atoms with Crippen molar-refractivity contribution in [1.29, 1.82) is 0 Å². The van der Waals surface area contributed by atoms with Crippen LogP contribution in [-0.4, -0.2) is 31.6 Å². The molecular formula is C13H22BO3. The fourth-order valence-corrected chi connectivity index (χ4v) is 1.52. The summed E-state index contributed by atoms with van der Waals surface area (Å²) in [5.74, 6) is 0.190. The van der Waals surface area contributed by atoms with E-state index in [1.807, 2.05) is 27.7 Å². The first-order valence-corrected chi connectivity index (χ1v) is 6.08. The first kappa shape index (κ1) is 14.5. The van der Waals surface area contributed by atoms with Crippen molar-refractivity contribution in [3.8, 4) is 0 Å². The van der Waals surface area contributed by atoms with E-state index >= 15 is 0 Å². The van der Waals surface area contributed by atoms with E-state index in [-0.39, 0.29) is 11.4 Å². The molecule has 95 valence electrons. The summed E-state index contributed by atoms with van der Waals surface area (Å²) < 4.78 is 11.2. The minimum atomic E-state index is -0.441. The number of ether oxygens (including phenoxy) is 1. The number of carbonyl (C=O) groups excluding carboxylic acids is 1. The molecule has 1 rings (SSSR count). The molecule has 0 saturated carbocycles. The Balaban J connectivity index is 2.58. The molecule has 0 amide bonds. The van der Waals surface area contributed by atoms with E-state index in [1.54, 1.807) is 20.7 Å². The summed E-state index contributed by atoms with van der Waals surface area (Å²) in [6.07, 6.45) is 4.16. The van der Waals surface area contributed by atoms with E-state index in [2.05, 4.69) is 0 Å². The maximum atomic E-state index is 11.3. The zero-order valence-electron chi connectivity index (χ0n) is 11.5. The van der Waals surface area contributed by atoms with Crippen molar-refractivity contribution >= 4 is 13.3 Å². The lowest BCUT2D eigenvalue weighted by Gasteiger charge is -2.40. The maximum Gasteiger partial charge on any atom is 0.326 e. The second-order valence-corrected chi connectivity index (χ2v) is 5.50. The van der Waals surface area contributed by atoms with Crippen molar-refractivity contribution in [3.05, 3.63) is 11.5 Å². The molecule has 0 bridgehead atoms. The molecule has 0 aromatic rings. The molecule has 4 heteroatoms. The summed E-state index contributed by atoms with van der Waals surface area (Å²) in [6, 6.07) is 0. The molecule has 0 aromatic carbocycles. The van der Waals surface area contributed by atoms with Gasteiger partial charge in [0, 0.05) is 13.5 Å². The van der Waals surface area contributed by atoms with Gasteiger partial charge in [0.25, 0.3) is 0 Å². The number of hydrogen-bond donors (Lipinski definition) is 0. The average Bonchev–Trinajstić information content (AvgIpc) is 2.26. The maximum absolute atomic E-state index is 11.3. The lowest BCUT2D eigenvalue weighted by Crippen LogP contribution is -2.49. The third-order valence-electron chi connectivity index (χ3n) is 3.70. The first-order chi connectivity index (χ1) is 7.78. The Labute approximate surface area is 105 Å². The average molecular weight is 237 g/mol. The van der Waals surface area contributed by atoms with Gasteiger partial charge < -0.3 is 9.39 Å². The first-order valence-electron chi connectivity index (χ1n) is 6.08. The number of methoxy groups -OCH3 is 1. The Morgan fingerprint density at radius 2 is 1.82 bits per heavy atom. The molecule has 0 spiro atoms. The van der Waals surface area contributed by atoms with Gasteiger partial charge in [-0.1, -0.05) is 5.47 Å². The molecule has 1 radical (unpaired) electrons. The van der Waals surface area contributed by atoms with E-state index in [0.29, 0.717) is 6.42 Å². The van der Waals surface area contributed by atoms with Gasteiger partial charge in [-0.2, -0.15) is 0 Å². The van der Waals surface area contributed by atoms with Crippen LogP contribution in [-0.2, 0) is 14.2 Å². The van der Waals surface area contributed by atoms with Gasteiger partial charge in [0.05, 0.1) is 11.2 Å². The van der Waals surface area contributed by atoms with Crippen molar-refractivity contribution in [1.82, 2.24) is 0 Å². The van der Waals surface area contributed by atoms with Crippen LogP contribution in [0.15, 0.2) is 11.5 Å². The topological polar surface area (TPSA) is 35.5 Å². The highest BCUT2D eigenvalue weighted by molar-refractivity contribution is 6.39. The van der Waals surface area contributed by atoms with Crippen LogP contribution in [0.4, 0.5) is 0 Å². The van der Waals surface area contributed by atoms with Crippen LogP contribution in [0.25, 0.3) is 0 Å². The highest BCUT2D eigenvalue weighted by atomic mass is 16.5. The minimum absolute atomic E-state index is 0.190. The molecular weight excluding hydrogens is 215 g/mol. The zero-order valence-corrected chi connectivity index (χ0v) is 11.5. The van der Waals surface area contributed by atoms with Gasteiger partial charge >= 0.3 is 7.48 Å². The number of allylic oxidation sites excluding steroid dienone is 2. The molecule has 3 nitrogen and oxygen atoms in total. The predicted octanol–water partition coefficient (Wildman–Crippen LogP) is 2.46. The third-order valence-corrected chi connectivity index (χ3v) is 3.70. The van der Waals surface area contributed by atoms with Gasteiger partial charge in [-0.05, 0) is 46.6 Å². The summed E-state index contributed by atoms with van der Waals surface area (Å²) in [6.45, 7) is 7.94. The van der Waals surface area contributed by atoms with Crippen LogP contribution < -0.4 is 0 Å². The van der Waals surface area contributed by atoms with Gasteiger partial charge in [-0.15, -0.1) is 0 Å². The molecule has 0 unspecified atom stereocenters. The molecule has 1 aliphatic carbocycles. The van der Waals surface area contributed by atoms with E-state index in [9.17, 15) is 4.79 Å². The molecule has 17 heavy (non-hydrogen) atoms. The number of carbonyl (C=O) groups is 1. The van der Waals surface area contributed by atoms with Crippen molar-refractivity contribution < 1.29 is 14.2 Å². The Kier molecular flexibility index (Phi) is 4.56. The van der Waals surface area contributed by atoms with Gasteiger partial charge in [0.1, 0.15) is 0 Å². The number of rotatable bonds is 5. The lowest BCUT2D eigenvalue weighted by molar-refractivity contribution is -0.115. The van der Waals surface area contributed by atoms with Gasteiger partial charge in [0.2, 0.25) is 0 Å². The van der Waals surface area contributed by atoms with Crippen LogP contribution >= 0.6 is 0 Å². The Morgan fingerprint density at radius 1 is 1.18 bits per heavy atom. The van der Waals surface area contributed by atoms with Gasteiger partial charge in [-0.25, -0.2) is 0 Å². The molecule has 0 fully saturated rings.